The first-order chi connectivity index (χ1) is 8.33. The van der Waals surface area contributed by atoms with Gasteiger partial charge in [-0.2, -0.15) is 0 Å². The molecule has 0 aliphatic carbocycles. The summed E-state index contributed by atoms with van der Waals surface area (Å²) in [5.74, 6) is 0. The second-order valence-corrected chi connectivity index (χ2v) is 2.84. The minimum absolute atomic E-state index is 1.04. The van der Waals surface area contributed by atoms with Gasteiger partial charge in [0, 0.05) is 6.54 Å². The number of hydrogen-bond acceptors (Lipinski definition) is 2. The fourth-order valence-electron chi connectivity index (χ4n) is 0.877. The van der Waals surface area contributed by atoms with Gasteiger partial charge in [-0.3, -0.25) is 0 Å². The molecule has 0 aliphatic rings. The van der Waals surface area contributed by atoms with Crippen LogP contribution in [0.3, 0.4) is 0 Å². The maximum atomic E-state index is 4.61. The van der Waals surface area contributed by atoms with Crippen LogP contribution in [0, 0.1) is 0 Å². The van der Waals surface area contributed by atoms with Crippen molar-refractivity contribution in [1.29, 1.82) is 0 Å². The third kappa shape index (κ3) is 40.2. The SMILES string of the molecule is C=CN.C=CNCCCC/C=C/C=C/C.CC. The second-order valence-electron chi connectivity index (χ2n) is 2.84. The van der Waals surface area contributed by atoms with Crippen LogP contribution >= 0.6 is 0 Å². The molecule has 0 rings (SSSR count). The summed E-state index contributed by atoms with van der Waals surface area (Å²) in [5, 5.41) is 3.08. The average Bonchev–Trinajstić information content (AvgIpc) is 2.36. The van der Waals surface area contributed by atoms with Gasteiger partial charge < -0.3 is 11.1 Å². The van der Waals surface area contributed by atoms with Crippen LogP contribution in [0.2, 0.25) is 0 Å². The van der Waals surface area contributed by atoms with E-state index < -0.39 is 0 Å². The Hall–Kier alpha value is -1.44. The molecule has 0 saturated carbocycles. The molecule has 2 nitrogen and oxygen atoms in total. The topological polar surface area (TPSA) is 38.0 Å². The van der Waals surface area contributed by atoms with Crippen LogP contribution in [0.1, 0.15) is 40.0 Å². The standard InChI is InChI=1S/C11H19N.C2H5N.C2H6/c1-3-5-6-7-8-9-10-11-12-4-2;1-2-3;1-2/h3-7,12H,2,8-11H2,1H3;2H,1,3H2;1-2H3/b5-3+,7-6+;;. The Morgan fingerprint density at radius 3 is 2.18 bits per heavy atom. The van der Waals surface area contributed by atoms with E-state index in [2.05, 4.69) is 42.4 Å². The number of unbranched alkanes of at least 4 members (excludes halogenated alkanes) is 2. The van der Waals surface area contributed by atoms with Crippen LogP contribution < -0.4 is 11.1 Å². The molecule has 0 atom stereocenters. The monoisotopic (exact) mass is 238 g/mol. The van der Waals surface area contributed by atoms with E-state index in [9.17, 15) is 0 Å². The predicted octanol–water partition coefficient (Wildman–Crippen LogP) is 4.14. The van der Waals surface area contributed by atoms with Crippen LogP contribution in [0.5, 0.6) is 0 Å². The lowest BCUT2D eigenvalue weighted by atomic mass is 10.2. The van der Waals surface area contributed by atoms with E-state index >= 15 is 0 Å². The maximum Gasteiger partial charge on any atom is 0.0141 e. The Bertz CT molecular complexity index is 181. The first-order valence-corrected chi connectivity index (χ1v) is 6.28. The summed E-state index contributed by atoms with van der Waals surface area (Å²) in [7, 11) is 0. The van der Waals surface area contributed by atoms with Crippen molar-refractivity contribution < 1.29 is 0 Å². The molecule has 0 aliphatic heterocycles. The summed E-state index contributed by atoms with van der Waals surface area (Å²) in [4.78, 5) is 0. The largest absolute Gasteiger partial charge is 0.405 e. The lowest BCUT2D eigenvalue weighted by Gasteiger charge is -1.97. The average molecular weight is 238 g/mol. The smallest absolute Gasteiger partial charge is 0.0141 e. The van der Waals surface area contributed by atoms with Gasteiger partial charge in [0.05, 0.1) is 0 Å². The summed E-state index contributed by atoms with van der Waals surface area (Å²) in [6.45, 7) is 13.8. The Morgan fingerprint density at radius 2 is 1.71 bits per heavy atom. The molecule has 0 heterocycles. The van der Waals surface area contributed by atoms with Crippen LogP contribution in [0.15, 0.2) is 49.9 Å². The molecule has 0 unspecified atom stereocenters. The zero-order chi connectivity index (χ0) is 13.8. The maximum absolute atomic E-state index is 4.61. The Labute approximate surface area is 108 Å². The lowest BCUT2D eigenvalue weighted by molar-refractivity contribution is 0.705. The molecule has 0 radical (unpaired) electrons. The number of allylic oxidation sites excluding steroid dienone is 4. The molecule has 0 amide bonds. The van der Waals surface area contributed by atoms with Gasteiger partial charge in [-0.05, 0) is 38.6 Å². The molecule has 2 heteroatoms. The molecule has 0 aromatic carbocycles. The molecule has 0 aromatic heterocycles. The van der Waals surface area contributed by atoms with Gasteiger partial charge >= 0.3 is 0 Å². The highest BCUT2D eigenvalue weighted by Crippen LogP contribution is 1.95. The van der Waals surface area contributed by atoms with Crippen molar-refractivity contribution in [3.8, 4) is 0 Å². The van der Waals surface area contributed by atoms with Crippen molar-refractivity contribution in [2.24, 2.45) is 5.73 Å². The Balaban J connectivity index is -0.000000337. The second kappa shape index (κ2) is 29.3. The van der Waals surface area contributed by atoms with E-state index in [1.165, 1.54) is 25.5 Å². The van der Waals surface area contributed by atoms with Crippen LogP contribution in [0.25, 0.3) is 0 Å². The molecule has 0 aromatic rings. The van der Waals surface area contributed by atoms with Crippen LogP contribution in [-0.4, -0.2) is 6.54 Å². The van der Waals surface area contributed by atoms with Gasteiger partial charge in [0.2, 0.25) is 0 Å². The molecule has 0 spiro atoms. The van der Waals surface area contributed by atoms with Crippen molar-refractivity contribution in [3.05, 3.63) is 49.9 Å². The third-order valence-corrected chi connectivity index (χ3v) is 1.53. The first kappa shape index (κ1) is 20.9. The van der Waals surface area contributed by atoms with Crippen LogP contribution in [-0.2, 0) is 0 Å². The predicted molar refractivity (Wildman–Crippen MR) is 81.7 cm³/mol. The van der Waals surface area contributed by atoms with Gasteiger partial charge in [-0.25, -0.2) is 0 Å². The van der Waals surface area contributed by atoms with E-state index in [0.29, 0.717) is 0 Å². The number of nitrogens with one attached hydrogen (secondary N) is 1. The van der Waals surface area contributed by atoms with Gasteiger partial charge in [0.15, 0.2) is 0 Å². The fraction of sp³-hybridized carbons (Fsp3) is 0.467. The molecule has 100 valence electrons. The van der Waals surface area contributed by atoms with E-state index in [-0.39, 0.29) is 0 Å². The van der Waals surface area contributed by atoms with E-state index in [4.69, 9.17) is 0 Å². The normalized spacial score (nSPS) is 8.88. The number of hydrogen-bond donors (Lipinski definition) is 2. The Kier molecular flexibility index (Phi) is 36.0. The molecule has 3 N–H and O–H groups in total. The molecular formula is C15H30N2. The van der Waals surface area contributed by atoms with Crippen molar-refractivity contribution in [2.75, 3.05) is 6.54 Å². The fourth-order valence-corrected chi connectivity index (χ4v) is 0.877. The van der Waals surface area contributed by atoms with E-state index in [1.807, 2.05) is 26.8 Å². The highest BCUT2D eigenvalue weighted by Gasteiger charge is 1.82. The van der Waals surface area contributed by atoms with Gasteiger partial charge in [-0.1, -0.05) is 51.3 Å². The third-order valence-electron chi connectivity index (χ3n) is 1.53. The summed E-state index contributed by atoms with van der Waals surface area (Å²) < 4.78 is 0. The molecule has 17 heavy (non-hydrogen) atoms. The highest BCUT2D eigenvalue weighted by atomic mass is 14.8. The van der Waals surface area contributed by atoms with Gasteiger partial charge in [-0.15, -0.1) is 0 Å². The van der Waals surface area contributed by atoms with Gasteiger partial charge in [0.25, 0.3) is 0 Å². The summed E-state index contributed by atoms with van der Waals surface area (Å²) in [5.41, 5.74) is 4.61. The molecule has 0 saturated heterocycles. The van der Waals surface area contributed by atoms with E-state index in [1.54, 1.807) is 6.20 Å². The van der Waals surface area contributed by atoms with Gasteiger partial charge in [0.1, 0.15) is 0 Å². The first-order valence-electron chi connectivity index (χ1n) is 6.28. The van der Waals surface area contributed by atoms with Crippen LogP contribution in [0.4, 0.5) is 0 Å². The number of rotatable bonds is 7. The molecule has 0 fully saturated rings. The zero-order valence-corrected chi connectivity index (χ0v) is 11.8. The van der Waals surface area contributed by atoms with E-state index in [0.717, 1.165) is 6.54 Å². The lowest BCUT2D eigenvalue weighted by Crippen LogP contribution is -2.05. The quantitative estimate of drug-likeness (QED) is 0.517. The highest BCUT2D eigenvalue weighted by molar-refractivity contribution is 5.00. The zero-order valence-electron chi connectivity index (χ0n) is 11.8. The van der Waals surface area contributed by atoms with Crippen molar-refractivity contribution in [1.82, 2.24) is 5.32 Å². The number of nitrogens with two attached hydrogens (primary N) is 1. The molecule has 0 bridgehead atoms. The van der Waals surface area contributed by atoms with Crippen molar-refractivity contribution in [3.63, 3.8) is 0 Å². The summed E-state index contributed by atoms with van der Waals surface area (Å²) >= 11 is 0. The molecular weight excluding hydrogens is 208 g/mol. The van der Waals surface area contributed by atoms with Crippen molar-refractivity contribution in [2.45, 2.75) is 40.0 Å². The minimum atomic E-state index is 1.04. The Morgan fingerprint density at radius 1 is 1.12 bits per heavy atom. The minimum Gasteiger partial charge on any atom is -0.405 e. The summed E-state index contributed by atoms with van der Waals surface area (Å²) in [6, 6.07) is 0. The summed E-state index contributed by atoms with van der Waals surface area (Å²) in [6.07, 6.45) is 15.0. The van der Waals surface area contributed by atoms with Crippen molar-refractivity contribution >= 4 is 0 Å².